The van der Waals surface area contributed by atoms with E-state index in [0.29, 0.717) is 5.89 Å². The Labute approximate surface area is 235 Å². The van der Waals surface area contributed by atoms with Crippen LogP contribution in [0, 0.1) is 41.9 Å². The molecule has 4 saturated carbocycles. The van der Waals surface area contributed by atoms with Gasteiger partial charge in [0.15, 0.2) is 12.1 Å². The zero-order chi connectivity index (χ0) is 27.1. The molecule has 4 bridgehead atoms. The molecule has 40 heavy (non-hydrogen) atoms. The summed E-state index contributed by atoms with van der Waals surface area (Å²) in [5.74, 6) is 9.77. The van der Waals surface area contributed by atoms with Crippen LogP contribution in [0.3, 0.4) is 0 Å². The van der Waals surface area contributed by atoms with Crippen molar-refractivity contribution in [1.82, 2.24) is 15.1 Å². The van der Waals surface area contributed by atoms with Gasteiger partial charge in [-0.1, -0.05) is 42.6 Å². The second-order valence-electron chi connectivity index (χ2n) is 12.2. The molecule has 8 rings (SSSR count). The highest BCUT2D eigenvalue weighted by Crippen LogP contribution is 2.61. The zero-order valence-electron chi connectivity index (χ0n) is 23.3. The molecule has 4 aromatic rings. The Bertz CT molecular complexity index is 1590. The van der Waals surface area contributed by atoms with Crippen molar-refractivity contribution in [3.63, 3.8) is 0 Å². The van der Waals surface area contributed by atoms with E-state index in [4.69, 9.17) is 14.5 Å². The topological polar surface area (TPSA) is 76.2 Å². The molecular formula is C34H35N5O. The summed E-state index contributed by atoms with van der Waals surface area (Å²) >= 11 is 0. The number of nitrogens with one attached hydrogen (secondary N) is 1. The number of fused-ring (bicyclic) bond motifs is 1. The van der Waals surface area contributed by atoms with Crippen LogP contribution in [0.5, 0.6) is 0 Å². The fraction of sp³-hybridized carbons (Fsp3) is 0.412. The molecule has 0 saturated heterocycles. The van der Waals surface area contributed by atoms with Crippen molar-refractivity contribution in [3.8, 4) is 11.8 Å². The van der Waals surface area contributed by atoms with Gasteiger partial charge in [0.2, 0.25) is 0 Å². The van der Waals surface area contributed by atoms with Crippen LogP contribution in [0.15, 0.2) is 64.4 Å². The average molecular weight is 530 g/mol. The van der Waals surface area contributed by atoms with Crippen LogP contribution in [0.4, 0.5) is 17.2 Å². The molecule has 6 nitrogen and oxygen atoms in total. The highest BCUT2D eigenvalue weighted by Gasteiger charge is 2.52. The first-order valence-electron chi connectivity index (χ1n) is 14.7. The third-order valence-corrected chi connectivity index (χ3v) is 9.33. The van der Waals surface area contributed by atoms with Gasteiger partial charge in [0.05, 0.1) is 5.52 Å². The number of benzene rings is 2. The molecule has 0 unspecified atom stereocenters. The van der Waals surface area contributed by atoms with Crippen LogP contribution in [-0.2, 0) is 0 Å². The second kappa shape index (κ2) is 10.2. The molecule has 2 aromatic heterocycles. The molecule has 4 fully saturated rings. The van der Waals surface area contributed by atoms with Gasteiger partial charge in [0.25, 0.3) is 0 Å². The molecule has 4 aliphatic carbocycles. The predicted molar refractivity (Wildman–Crippen MR) is 159 cm³/mol. The lowest BCUT2D eigenvalue weighted by Gasteiger charge is -2.57. The molecule has 0 atom stereocenters. The van der Waals surface area contributed by atoms with Crippen molar-refractivity contribution in [2.45, 2.75) is 65.2 Å². The van der Waals surface area contributed by atoms with Gasteiger partial charge in [0.1, 0.15) is 5.69 Å². The Balaban J connectivity index is 1.27. The maximum atomic E-state index is 5.61. The van der Waals surface area contributed by atoms with Gasteiger partial charge >= 0.3 is 5.89 Å². The van der Waals surface area contributed by atoms with Gasteiger partial charge in [-0.15, -0.1) is 0 Å². The highest BCUT2D eigenvalue weighted by atomic mass is 16.5. The van der Waals surface area contributed by atoms with Crippen molar-refractivity contribution in [2.24, 2.45) is 28.2 Å². The summed E-state index contributed by atoms with van der Waals surface area (Å²) in [5.41, 5.74) is 6.68. The monoisotopic (exact) mass is 529 g/mol. The Hall–Kier alpha value is -3.98. The van der Waals surface area contributed by atoms with E-state index in [1.165, 1.54) is 61.5 Å². The minimum atomic E-state index is 0.277. The van der Waals surface area contributed by atoms with Crippen molar-refractivity contribution in [1.29, 1.82) is 0 Å². The normalized spacial score (nSPS) is 25.1. The Morgan fingerprint density at radius 1 is 1.00 bits per heavy atom. The van der Waals surface area contributed by atoms with Crippen LogP contribution < -0.4 is 5.32 Å². The number of anilines is 2. The van der Waals surface area contributed by atoms with Gasteiger partial charge in [-0.2, -0.15) is 4.98 Å². The van der Waals surface area contributed by atoms with E-state index >= 15 is 0 Å². The molecule has 202 valence electrons. The molecule has 0 aliphatic heterocycles. The second-order valence-corrected chi connectivity index (χ2v) is 12.2. The molecule has 1 N–H and O–H groups in total. The number of hydrogen-bond acceptors (Lipinski definition) is 6. The molecule has 6 heteroatoms. The SMILES string of the molecule is CCC/C(=N\c1c(Nc2ccc(C#Cc3ncno3)cc2)nc2ccccc2c1C)C12CC3CC(CC(C3)C1)C2. The lowest BCUT2D eigenvalue weighted by Crippen LogP contribution is -2.50. The van der Waals surface area contributed by atoms with Crippen molar-refractivity contribution in [2.75, 3.05) is 5.32 Å². The highest BCUT2D eigenvalue weighted by molar-refractivity contribution is 5.97. The number of rotatable bonds is 6. The zero-order valence-corrected chi connectivity index (χ0v) is 23.3. The van der Waals surface area contributed by atoms with Gasteiger partial charge in [-0.05, 0) is 106 Å². The first-order valence-corrected chi connectivity index (χ1v) is 14.7. The number of nitrogens with zero attached hydrogens (tertiary/aromatic N) is 4. The van der Waals surface area contributed by atoms with E-state index in [0.717, 1.165) is 58.9 Å². The fourth-order valence-corrected chi connectivity index (χ4v) is 7.99. The first kappa shape index (κ1) is 25.0. The van der Waals surface area contributed by atoms with Crippen LogP contribution in [0.1, 0.15) is 75.3 Å². The smallest absolute Gasteiger partial charge is 0.302 e. The van der Waals surface area contributed by atoms with Gasteiger partial charge < -0.3 is 9.84 Å². The Kier molecular flexibility index (Phi) is 6.38. The lowest BCUT2D eigenvalue weighted by molar-refractivity contribution is -0.0133. The van der Waals surface area contributed by atoms with E-state index in [1.807, 2.05) is 24.3 Å². The van der Waals surface area contributed by atoms with Crippen LogP contribution in [-0.4, -0.2) is 20.8 Å². The van der Waals surface area contributed by atoms with E-state index in [9.17, 15) is 0 Å². The minimum absolute atomic E-state index is 0.277. The quantitative estimate of drug-likeness (QED) is 0.201. The average Bonchev–Trinajstić information content (AvgIpc) is 3.47. The number of aryl methyl sites for hydroxylation is 1. The maximum Gasteiger partial charge on any atom is 0.302 e. The predicted octanol–water partition coefficient (Wildman–Crippen LogP) is 8.16. The fourth-order valence-electron chi connectivity index (χ4n) is 7.99. The number of hydrogen-bond donors (Lipinski definition) is 1. The van der Waals surface area contributed by atoms with E-state index in [2.05, 4.69) is 65.4 Å². The number of aliphatic imine (C=N–C) groups is 1. The summed E-state index contributed by atoms with van der Waals surface area (Å²) in [6.07, 6.45) is 11.8. The summed E-state index contributed by atoms with van der Waals surface area (Å²) in [7, 11) is 0. The third kappa shape index (κ3) is 4.68. The molecule has 0 spiro atoms. The molecule has 0 radical (unpaired) electrons. The van der Waals surface area contributed by atoms with E-state index in [1.54, 1.807) is 0 Å². The molecule has 0 amide bonds. The van der Waals surface area contributed by atoms with E-state index < -0.39 is 0 Å². The molecule has 4 aliphatic rings. The lowest BCUT2D eigenvalue weighted by atomic mass is 9.48. The molecule has 2 heterocycles. The number of pyridine rings is 1. The van der Waals surface area contributed by atoms with Crippen molar-refractivity contribution < 1.29 is 4.52 Å². The third-order valence-electron chi connectivity index (χ3n) is 9.33. The van der Waals surface area contributed by atoms with Gasteiger partial charge in [-0.3, -0.25) is 4.99 Å². The van der Waals surface area contributed by atoms with Gasteiger partial charge in [0, 0.05) is 33.7 Å². The van der Waals surface area contributed by atoms with Crippen molar-refractivity contribution in [3.05, 3.63) is 71.9 Å². The summed E-state index contributed by atoms with van der Waals surface area (Å²) in [4.78, 5) is 14.7. The summed E-state index contributed by atoms with van der Waals surface area (Å²) < 4.78 is 4.98. The number of para-hydroxylation sites is 1. The standard InChI is InChI=1S/C34H35N5O/c1-3-6-30(34-18-24-15-25(19-34)17-26(16-24)20-34)39-32-22(2)28-7-4-5-8-29(28)38-33(32)37-27-12-9-23(10-13-27)11-14-31-35-21-36-40-31/h4-5,7-10,12-13,21,24-26H,3,6,15-20H2,1-2H3,(H,37,38)/b39-30+. The summed E-state index contributed by atoms with van der Waals surface area (Å²) in [5, 5.41) is 8.38. The van der Waals surface area contributed by atoms with E-state index in [-0.39, 0.29) is 5.41 Å². The van der Waals surface area contributed by atoms with Crippen LogP contribution >= 0.6 is 0 Å². The Morgan fingerprint density at radius 2 is 1.73 bits per heavy atom. The van der Waals surface area contributed by atoms with Gasteiger partial charge in [-0.25, -0.2) is 4.98 Å². The Morgan fingerprint density at radius 3 is 2.40 bits per heavy atom. The minimum Gasteiger partial charge on any atom is -0.338 e. The van der Waals surface area contributed by atoms with Crippen LogP contribution in [0.2, 0.25) is 0 Å². The van der Waals surface area contributed by atoms with Crippen LogP contribution in [0.25, 0.3) is 10.9 Å². The molecule has 2 aromatic carbocycles. The molecular weight excluding hydrogens is 494 g/mol. The number of aromatic nitrogens is 3. The summed E-state index contributed by atoms with van der Waals surface area (Å²) in [6.45, 7) is 4.50. The largest absolute Gasteiger partial charge is 0.338 e. The summed E-state index contributed by atoms with van der Waals surface area (Å²) in [6, 6.07) is 16.4. The maximum absolute atomic E-state index is 5.61. The van der Waals surface area contributed by atoms with Crippen molar-refractivity contribution >= 4 is 33.8 Å². The first-order chi connectivity index (χ1) is 19.6.